The number of aliphatic carboxylic acids is 1. The molecule has 1 amide bonds. The SMILES string of the molecule is O=C([O-])[C@@H]1[C@@H](C(=O)NCCC2=CCCCC2)[C@H]2C=C[C@H]1C2. The standard InChI is InChI=1S/C17H23NO3/c19-16(18-9-8-11-4-2-1-3-5-11)14-12-6-7-13(10-12)15(14)17(20)21/h4,6-7,12-15H,1-3,5,8-10H2,(H,18,19)(H,20,21)/p-1/t12-,13-,14-,15-/m0/s1. The van der Waals surface area contributed by atoms with Gasteiger partial charge < -0.3 is 15.2 Å². The predicted octanol–water partition coefficient (Wildman–Crippen LogP) is 1.18. The molecule has 1 N–H and O–H groups in total. The first-order chi connectivity index (χ1) is 10.2. The van der Waals surface area contributed by atoms with Crippen LogP contribution in [-0.4, -0.2) is 18.4 Å². The van der Waals surface area contributed by atoms with Crippen molar-refractivity contribution in [3.8, 4) is 0 Å². The number of fused-ring (bicyclic) bond motifs is 2. The van der Waals surface area contributed by atoms with Gasteiger partial charge in [-0.15, -0.1) is 0 Å². The monoisotopic (exact) mass is 288 g/mol. The van der Waals surface area contributed by atoms with E-state index in [2.05, 4.69) is 11.4 Å². The summed E-state index contributed by atoms with van der Waals surface area (Å²) in [5, 5.41) is 14.2. The van der Waals surface area contributed by atoms with Crippen LogP contribution in [0.2, 0.25) is 0 Å². The van der Waals surface area contributed by atoms with Crippen LogP contribution in [0.1, 0.15) is 38.5 Å². The number of nitrogens with one attached hydrogen (secondary N) is 1. The van der Waals surface area contributed by atoms with Gasteiger partial charge in [-0.05, 0) is 50.4 Å². The van der Waals surface area contributed by atoms with Gasteiger partial charge in [-0.2, -0.15) is 0 Å². The molecule has 3 aliphatic carbocycles. The van der Waals surface area contributed by atoms with Crippen molar-refractivity contribution in [2.24, 2.45) is 23.7 Å². The van der Waals surface area contributed by atoms with E-state index in [9.17, 15) is 14.7 Å². The Morgan fingerprint density at radius 1 is 1.19 bits per heavy atom. The molecule has 4 atom stereocenters. The number of hydrogen-bond acceptors (Lipinski definition) is 3. The molecular weight excluding hydrogens is 266 g/mol. The average Bonchev–Trinajstić information content (AvgIpc) is 3.08. The number of carboxylic acid groups (broad SMARTS) is 1. The van der Waals surface area contributed by atoms with Crippen molar-refractivity contribution in [3.63, 3.8) is 0 Å². The largest absolute Gasteiger partial charge is 0.550 e. The Kier molecular flexibility index (Phi) is 4.13. The van der Waals surface area contributed by atoms with Gasteiger partial charge in [0.1, 0.15) is 0 Å². The molecule has 3 rings (SSSR count). The van der Waals surface area contributed by atoms with Crippen LogP contribution in [0.5, 0.6) is 0 Å². The maximum atomic E-state index is 12.3. The zero-order valence-corrected chi connectivity index (χ0v) is 12.2. The van der Waals surface area contributed by atoms with Crippen LogP contribution in [0.25, 0.3) is 0 Å². The molecule has 0 aliphatic heterocycles. The van der Waals surface area contributed by atoms with Crippen molar-refractivity contribution in [1.82, 2.24) is 5.32 Å². The summed E-state index contributed by atoms with van der Waals surface area (Å²) in [4.78, 5) is 23.6. The summed E-state index contributed by atoms with van der Waals surface area (Å²) in [5.41, 5.74) is 1.42. The fourth-order valence-electron chi connectivity index (χ4n) is 4.10. The van der Waals surface area contributed by atoms with Crippen molar-refractivity contribution < 1.29 is 14.7 Å². The molecule has 0 aromatic rings. The lowest BCUT2D eigenvalue weighted by molar-refractivity contribution is -0.313. The van der Waals surface area contributed by atoms with Crippen LogP contribution in [-0.2, 0) is 9.59 Å². The van der Waals surface area contributed by atoms with Crippen molar-refractivity contribution in [2.75, 3.05) is 6.54 Å². The molecule has 1 fully saturated rings. The zero-order chi connectivity index (χ0) is 14.8. The molecule has 4 nitrogen and oxygen atoms in total. The van der Waals surface area contributed by atoms with Gasteiger partial charge in [0.05, 0.1) is 5.92 Å². The van der Waals surface area contributed by atoms with Crippen molar-refractivity contribution in [2.45, 2.75) is 38.5 Å². The Bertz CT molecular complexity index is 494. The van der Waals surface area contributed by atoms with E-state index in [0.717, 1.165) is 25.7 Å². The Hall–Kier alpha value is -1.58. The van der Waals surface area contributed by atoms with Crippen LogP contribution in [0, 0.1) is 23.7 Å². The summed E-state index contributed by atoms with van der Waals surface area (Å²) in [6, 6.07) is 0. The fourth-order valence-corrected chi connectivity index (χ4v) is 4.10. The minimum atomic E-state index is -1.08. The molecule has 0 radical (unpaired) electrons. The van der Waals surface area contributed by atoms with Gasteiger partial charge in [-0.1, -0.05) is 23.8 Å². The van der Waals surface area contributed by atoms with Gasteiger partial charge in [-0.3, -0.25) is 4.79 Å². The molecule has 0 aromatic heterocycles. The number of carbonyl (C=O) groups is 2. The second-order valence-corrected chi connectivity index (χ2v) is 6.47. The fraction of sp³-hybridized carbons (Fsp3) is 0.647. The van der Waals surface area contributed by atoms with E-state index in [-0.39, 0.29) is 17.7 Å². The molecule has 2 bridgehead atoms. The molecular formula is C17H22NO3-. The molecule has 0 unspecified atom stereocenters. The highest BCUT2D eigenvalue weighted by atomic mass is 16.4. The lowest BCUT2D eigenvalue weighted by Crippen LogP contribution is -2.45. The van der Waals surface area contributed by atoms with E-state index in [1.54, 1.807) is 0 Å². The minimum Gasteiger partial charge on any atom is -0.550 e. The molecule has 1 saturated carbocycles. The number of carbonyl (C=O) groups excluding carboxylic acids is 2. The quantitative estimate of drug-likeness (QED) is 0.772. The molecule has 0 aromatic carbocycles. The number of hydrogen-bond donors (Lipinski definition) is 1. The van der Waals surface area contributed by atoms with Gasteiger partial charge in [0.2, 0.25) is 5.91 Å². The van der Waals surface area contributed by atoms with E-state index < -0.39 is 17.8 Å². The lowest BCUT2D eigenvalue weighted by atomic mass is 9.82. The highest BCUT2D eigenvalue weighted by molar-refractivity contribution is 5.86. The van der Waals surface area contributed by atoms with Gasteiger partial charge in [0.15, 0.2) is 0 Å². The number of amides is 1. The van der Waals surface area contributed by atoms with E-state index in [0.29, 0.717) is 6.54 Å². The highest BCUT2D eigenvalue weighted by Crippen LogP contribution is 2.47. The van der Waals surface area contributed by atoms with E-state index in [4.69, 9.17) is 0 Å². The predicted molar refractivity (Wildman–Crippen MR) is 76.9 cm³/mol. The summed E-state index contributed by atoms with van der Waals surface area (Å²) >= 11 is 0. The van der Waals surface area contributed by atoms with Gasteiger partial charge >= 0.3 is 0 Å². The highest BCUT2D eigenvalue weighted by Gasteiger charge is 2.48. The summed E-state index contributed by atoms with van der Waals surface area (Å²) in [6.07, 6.45) is 12.7. The van der Waals surface area contributed by atoms with Crippen molar-refractivity contribution >= 4 is 11.9 Å². The van der Waals surface area contributed by atoms with E-state index in [1.165, 1.54) is 18.4 Å². The maximum absolute atomic E-state index is 12.3. The van der Waals surface area contributed by atoms with Crippen LogP contribution in [0.4, 0.5) is 0 Å². The van der Waals surface area contributed by atoms with Crippen molar-refractivity contribution in [3.05, 3.63) is 23.8 Å². The minimum absolute atomic E-state index is 0.0168. The van der Waals surface area contributed by atoms with Gasteiger partial charge in [0.25, 0.3) is 0 Å². The number of carboxylic acids is 1. The van der Waals surface area contributed by atoms with Gasteiger partial charge in [-0.25, -0.2) is 0 Å². The molecule has 4 heteroatoms. The molecule has 0 heterocycles. The normalized spacial score (nSPS) is 33.8. The Morgan fingerprint density at radius 3 is 2.62 bits per heavy atom. The average molecular weight is 288 g/mol. The first kappa shape index (κ1) is 14.4. The van der Waals surface area contributed by atoms with E-state index in [1.807, 2.05) is 12.2 Å². The zero-order valence-electron chi connectivity index (χ0n) is 12.2. The topological polar surface area (TPSA) is 69.2 Å². The summed E-state index contributed by atoms with van der Waals surface area (Å²) in [7, 11) is 0. The Balaban J connectivity index is 1.54. The van der Waals surface area contributed by atoms with Crippen LogP contribution in [0.3, 0.4) is 0 Å². The Morgan fingerprint density at radius 2 is 1.95 bits per heavy atom. The third-order valence-corrected chi connectivity index (χ3v) is 5.16. The summed E-state index contributed by atoms with van der Waals surface area (Å²) < 4.78 is 0. The van der Waals surface area contributed by atoms with Crippen molar-refractivity contribution in [1.29, 1.82) is 0 Å². The maximum Gasteiger partial charge on any atom is 0.224 e. The third kappa shape index (κ3) is 2.89. The summed E-state index contributed by atoms with van der Waals surface area (Å²) in [5.74, 6) is -2.22. The second-order valence-electron chi connectivity index (χ2n) is 6.47. The third-order valence-electron chi connectivity index (χ3n) is 5.16. The van der Waals surface area contributed by atoms with E-state index >= 15 is 0 Å². The first-order valence-corrected chi connectivity index (χ1v) is 8.01. The lowest BCUT2D eigenvalue weighted by Gasteiger charge is -2.28. The Labute approximate surface area is 125 Å². The van der Waals surface area contributed by atoms with Gasteiger partial charge in [0, 0.05) is 18.4 Å². The molecule has 0 saturated heterocycles. The smallest absolute Gasteiger partial charge is 0.224 e. The summed E-state index contributed by atoms with van der Waals surface area (Å²) in [6.45, 7) is 0.613. The van der Waals surface area contributed by atoms with Crippen LogP contribution in [0.15, 0.2) is 23.8 Å². The van der Waals surface area contributed by atoms with Crippen LogP contribution >= 0.6 is 0 Å². The molecule has 3 aliphatic rings. The molecule has 114 valence electrons. The molecule has 21 heavy (non-hydrogen) atoms. The number of allylic oxidation sites excluding steroid dienone is 3. The first-order valence-electron chi connectivity index (χ1n) is 8.01. The van der Waals surface area contributed by atoms with Crippen LogP contribution < -0.4 is 10.4 Å². The molecule has 0 spiro atoms. The second kappa shape index (κ2) is 6.04. The number of rotatable bonds is 5.